The number of nitrogen functional groups attached to an aromatic ring is 2. The van der Waals surface area contributed by atoms with E-state index in [4.69, 9.17) is 15.9 Å². The summed E-state index contributed by atoms with van der Waals surface area (Å²) >= 11 is 0. The van der Waals surface area contributed by atoms with Crippen molar-refractivity contribution in [1.29, 1.82) is 0 Å². The summed E-state index contributed by atoms with van der Waals surface area (Å²) in [5.74, 6) is 0.870. The molecule has 0 aliphatic carbocycles. The number of hydrogen-bond donors (Lipinski definition) is 2. The van der Waals surface area contributed by atoms with Crippen molar-refractivity contribution in [2.45, 2.75) is 6.42 Å². The zero-order valence-electron chi connectivity index (χ0n) is 7.73. The van der Waals surface area contributed by atoms with Gasteiger partial charge in [-0.25, -0.2) is 0 Å². The van der Waals surface area contributed by atoms with Crippen LogP contribution in [0.2, 0.25) is 0 Å². The summed E-state index contributed by atoms with van der Waals surface area (Å²) < 4.78 is 5.24. The highest BCUT2D eigenvalue weighted by atomic mass is 16.3. The van der Waals surface area contributed by atoms with Gasteiger partial charge in [0.1, 0.15) is 5.76 Å². The van der Waals surface area contributed by atoms with Crippen LogP contribution in [0.1, 0.15) is 11.3 Å². The van der Waals surface area contributed by atoms with Crippen LogP contribution in [-0.4, -0.2) is 0 Å². The molecular weight excluding hydrogens is 176 g/mol. The molecular formula is C11H12N2O. The Morgan fingerprint density at radius 1 is 1.00 bits per heavy atom. The van der Waals surface area contributed by atoms with E-state index in [-0.39, 0.29) is 0 Å². The Hall–Kier alpha value is -1.90. The molecule has 3 nitrogen and oxygen atoms in total. The molecule has 3 heteroatoms. The van der Waals surface area contributed by atoms with Gasteiger partial charge >= 0.3 is 0 Å². The molecule has 0 radical (unpaired) electrons. The average Bonchev–Trinajstić information content (AvgIpc) is 2.64. The van der Waals surface area contributed by atoms with Crippen molar-refractivity contribution < 1.29 is 4.42 Å². The highest BCUT2D eigenvalue weighted by molar-refractivity contribution is 5.62. The largest absolute Gasteiger partial charge is 0.469 e. The third kappa shape index (κ3) is 1.57. The Kier molecular flexibility index (Phi) is 2.14. The number of anilines is 2. The summed E-state index contributed by atoms with van der Waals surface area (Å²) in [7, 11) is 0. The fraction of sp³-hybridized carbons (Fsp3) is 0.0909. The minimum atomic E-state index is 0.644. The van der Waals surface area contributed by atoms with Crippen LogP contribution < -0.4 is 11.5 Å². The van der Waals surface area contributed by atoms with Gasteiger partial charge in [0.25, 0.3) is 0 Å². The number of nitrogens with two attached hydrogens (primary N) is 2. The first-order chi connectivity index (χ1) is 6.77. The summed E-state index contributed by atoms with van der Waals surface area (Å²) in [6, 6.07) is 9.29. The molecule has 0 bridgehead atoms. The van der Waals surface area contributed by atoms with Crippen molar-refractivity contribution in [3.8, 4) is 0 Å². The lowest BCUT2D eigenvalue weighted by Crippen LogP contribution is -2.00. The fourth-order valence-electron chi connectivity index (χ4n) is 1.41. The maximum Gasteiger partial charge on any atom is 0.108 e. The van der Waals surface area contributed by atoms with Gasteiger partial charge in [-0.3, -0.25) is 0 Å². The molecule has 0 saturated carbocycles. The van der Waals surface area contributed by atoms with Crippen LogP contribution in [0.15, 0.2) is 41.0 Å². The number of hydrogen-bond acceptors (Lipinski definition) is 3. The number of rotatable bonds is 2. The van der Waals surface area contributed by atoms with Crippen LogP contribution in [0, 0.1) is 0 Å². The zero-order chi connectivity index (χ0) is 9.97. The number of benzene rings is 1. The highest BCUT2D eigenvalue weighted by Gasteiger charge is 2.05. The van der Waals surface area contributed by atoms with E-state index in [2.05, 4.69) is 0 Å². The van der Waals surface area contributed by atoms with E-state index in [9.17, 15) is 0 Å². The first-order valence-corrected chi connectivity index (χ1v) is 4.42. The monoisotopic (exact) mass is 188 g/mol. The minimum absolute atomic E-state index is 0.644. The molecule has 72 valence electrons. The molecule has 1 aromatic heterocycles. The van der Waals surface area contributed by atoms with Crippen LogP contribution in [-0.2, 0) is 6.42 Å². The Morgan fingerprint density at radius 3 is 2.29 bits per heavy atom. The van der Waals surface area contributed by atoms with Gasteiger partial charge in [0.05, 0.1) is 6.26 Å². The topological polar surface area (TPSA) is 65.2 Å². The van der Waals surface area contributed by atoms with Crippen molar-refractivity contribution in [3.63, 3.8) is 0 Å². The van der Waals surface area contributed by atoms with Gasteiger partial charge in [0, 0.05) is 23.4 Å². The molecule has 0 aliphatic rings. The third-order valence-corrected chi connectivity index (χ3v) is 2.18. The summed E-state index contributed by atoms with van der Waals surface area (Å²) in [4.78, 5) is 0. The molecule has 0 atom stereocenters. The van der Waals surface area contributed by atoms with Gasteiger partial charge in [-0.05, 0) is 24.3 Å². The lowest BCUT2D eigenvalue weighted by Gasteiger charge is -2.06. The lowest BCUT2D eigenvalue weighted by molar-refractivity contribution is 0.521. The maximum absolute atomic E-state index is 5.82. The normalized spacial score (nSPS) is 10.3. The summed E-state index contributed by atoms with van der Waals surface area (Å²) in [5.41, 5.74) is 14.0. The smallest absolute Gasteiger partial charge is 0.108 e. The van der Waals surface area contributed by atoms with E-state index >= 15 is 0 Å². The first kappa shape index (κ1) is 8.69. The SMILES string of the molecule is Nc1cccc(N)c1Cc1ccco1. The molecule has 1 heterocycles. The van der Waals surface area contributed by atoms with Crippen molar-refractivity contribution in [2.75, 3.05) is 11.5 Å². The average molecular weight is 188 g/mol. The summed E-state index contributed by atoms with van der Waals surface area (Å²) in [6.45, 7) is 0. The van der Waals surface area contributed by atoms with E-state index in [1.165, 1.54) is 0 Å². The van der Waals surface area contributed by atoms with Gasteiger partial charge in [-0.15, -0.1) is 0 Å². The van der Waals surface area contributed by atoms with Crippen LogP contribution in [0.3, 0.4) is 0 Å². The standard InChI is InChI=1S/C11H12N2O/c12-10-4-1-5-11(13)9(10)7-8-3-2-6-14-8/h1-6H,7,12-13H2. The lowest BCUT2D eigenvalue weighted by atomic mass is 10.1. The molecule has 1 aromatic carbocycles. The molecule has 0 spiro atoms. The van der Waals surface area contributed by atoms with E-state index in [1.54, 1.807) is 6.26 Å². The second-order valence-corrected chi connectivity index (χ2v) is 3.17. The Balaban J connectivity index is 2.33. The van der Waals surface area contributed by atoms with Crippen LogP contribution in [0.5, 0.6) is 0 Å². The van der Waals surface area contributed by atoms with Crippen molar-refractivity contribution in [2.24, 2.45) is 0 Å². The van der Waals surface area contributed by atoms with Crippen LogP contribution in [0.4, 0.5) is 11.4 Å². The first-order valence-electron chi connectivity index (χ1n) is 4.42. The zero-order valence-corrected chi connectivity index (χ0v) is 7.73. The predicted molar refractivity (Wildman–Crippen MR) is 56.8 cm³/mol. The Morgan fingerprint density at radius 2 is 1.71 bits per heavy atom. The van der Waals surface area contributed by atoms with Crippen molar-refractivity contribution in [3.05, 3.63) is 47.9 Å². The second-order valence-electron chi connectivity index (χ2n) is 3.17. The molecule has 14 heavy (non-hydrogen) atoms. The molecule has 4 N–H and O–H groups in total. The van der Waals surface area contributed by atoms with E-state index in [1.807, 2.05) is 30.3 Å². The molecule has 0 unspecified atom stereocenters. The van der Waals surface area contributed by atoms with E-state index < -0.39 is 0 Å². The highest BCUT2D eigenvalue weighted by Crippen LogP contribution is 2.22. The summed E-state index contributed by atoms with van der Waals surface area (Å²) in [6.07, 6.45) is 2.29. The maximum atomic E-state index is 5.82. The predicted octanol–water partition coefficient (Wildman–Crippen LogP) is 2.03. The second kappa shape index (κ2) is 3.46. The quantitative estimate of drug-likeness (QED) is 0.709. The minimum Gasteiger partial charge on any atom is -0.469 e. The Labute approximate surface area is 82.3 Å². The van der Waals surface area contributed by atoms with Crippen molar-refractivity contribution >= 4 is 11.4 Å². The summed E-state index contributed by atoms with van der Waals surface area (Å²) in [5, 5.41) is 0. The van der Waals surface area contributed by atoms with Gasteiger partial charge in [-0.2, -0.15) is 0 Å². The molecule has 2 aromatic rings. The fourth-order valence-corrected chi connectivity index (χ4v) is 1.41. The molecule has 2 rings (SSSR count). The van der Waals surface area contributed by atoms with Gasteiger partial charge < -0.3 is 15.9 Å². The van der Waals surface area contributed by atoms with Gasteiger partial charge in [0.2, 0.25) is 0 Å². The van der Waals surface area contributed by atoms with Crippen LogP contribution >= 0.6 is 0 Å². The molecule has 0 saturated heterocycles. The molecule has 0 fully saturated rings. The molecule has 0 amide bonds. The van der Waals surface area contributed by atoms with E-state index in [0.29, 0.717) is 17.8 Å². The van der Waals surface area contributed by atoms with Crippen molar-refractivity contribution in [1.82, 2.24) is 0 Å². The number of furan rings is 1. The molecule has 0 aliphatic heterocycles. The van der Waals surface area contributed by atoms with Gasteiger partial charge in [-0.1, -0.05) is 6.07 Å². The Bertz CT molecular complexity index is 401. The van der Waals surface area contributed by atoms with E-state index in [0.717, 1.165) is 11.3 Å². The van der Waals surface area contributed by atoms with Crippen LogP contribution in [0.25, 0.3) is 0 Å². The third-order valence-electron chi connectivity index (χ3n) is 2.18. The van der Waals surface area contributed by atoms with Gasteiger partial charge in [0.15, 0.2) is 0 Å².